The maximum absolute atomic E-state index is 9.72. The van der Waals surface area contributed by atoms with Crippen molar-refractivity contribution in [3.63, 3.8) is 0 Å². The molecular formula is C16H34N2O. The van der Waals surface area contributed by atoms with Crippen LogP contribution in [0.3, 0.4) is 0 Å². The average molecular weight is 270 g/mol. The predicted octanol–water partition coefficient (Wildman–Crippen LogP) is 2.78. The van der Waals surface area contributed by atoms with Gasteiger partial charge in [-0.1, -0.05) is 26.7 Å². The SMILES string of the molecule is CCCCCN(C(C)C)C1CCC(CO)(NCC)C1. The van der Waals surface area contributed by atoms with Crippen LogP contribution in [-0.2, 0) is 0 Å². The van der Waals surface area contributed by atoms with Gasteiger partial charge in [-0.3, -0.25) is 4.90 Å². The molecule has 3 heteroatoms. The van der Waals surface area contributed by atoms with Crippen LogP contribution in [-0.4, -0.2) is 47.3 Å². The van der Waals surface area contributed by atoms with Gasteiger partial charge in [0, 0.05) is 17.6 Å². The summed E-state index contributed by atoms with van der Waals surface area (Å²) in [5, 5.41) is 13.2. The molecule has 0 heterocycles. The fraction of sp³-hybridized carbons (Fsp3) is 1.00. The first-order valence-electron chi connectivity index (χ1n) is 8.20. The molecular weight excluding hydrogens is 236 g/mol. The quantitative estimate of drug-likeness (QED) is 0.632. The van der Waals surface area contributed by atoms with Crippen LogP contribution in [0.4, 0.5) is 0 Å². The van der Waals surface area contributed by atoms with Gasteiger partial charge in [-0.25, -0.2) is 0 Å². The minimum atomic E-state index is -0.0166. The van der Waals surface area contributed by atoms with E-state index in [4.69, 9.17) is 0 Å². The summed E-state index contributed by atoms with van der Waals surface area (Å²) in [6.45, 7) is 11.4. The summed E-state index contributed by atoms with van der Waals surface area (Å²) in [7, 11) is 0. The number of hydrogen-bond donors (Lipinski definition) is 2. The second-order valence-corrected chi connectivity index (χ2v) is 6.40. The third-order valence-corrected chi connectivity index (χ3v) is 4.59. The number of unbranched alkanes of at least 4 members (excludes halogenated alkanes) is 2. The van der Waals surface area contributed by atoms with Gasteiger partial charge in [-0.15, -0.1) is 0 Å². The van der Waals surface area contributed by atoms with E-state index >= 15 is 0 Å². The zero-order chi connectivity index (χ0) is 14.3. The van der Waals surface area contributed by atoms with E-state index in [-0.39, 0.29) is 12.1 Å². The molecule has 1 rings (SSSR count). The second-order valence-electron chi connectivity index (χ2n) is 6.40. The maximum Gasteiger partial charge on any atom is 0.0613 e. The lowest BCUT2D eigenvalue weighted by atomic mass is 9.98. The molecule has 0 bridgehead atoms. The first kappa shape index (κ1) is 16.9. The van der Waals surface area contributed by atoms with Gasteiger partial charge in [0.25, 0.3) is 0 Å². The zero-order valence-corrected chi connectivity index (χ0v) is 13.4. The summed E-state index contributed by atoms with van der Waals surface area (Å²) in [6.07, 6.45) is 7.35. The molecule has 2 atom stereocenters. The average Bonchev–Trinajstić information content (AvgIpc) is 2.79. The lowest BCUT2D eigenvalue weighted by molar-refractivity contribution is 0.124. The maximum atomic E-state index is 9.72. The Bertz CT molecular complexity index is 245. The summed E-state index contributed by atoms with van der Waals surface area (Å²) in [6, 6.07) is 1.25. The van der Waals surface area contributed by atoms with E-state index in [1.54, 1.807) is 0 Å². The Kier molecular flexibility index (Phi) is 7.33. The number of likely N-dealkylation sites (N-methyl/N-ethyl adjacent to an activating group) is 1. The molecule has 1 aliphatic rings. The molecule has 0 aromatic rings. The van der Waals surface area contributed by atoms with Gasteiger partial charge in [-0.05, 0) is 52.6 Å². The zero-order valence-electron chi connectivity index (χ0n) is 13.4. The van der Waals surface area contributed by atoms with Crippen LogP contribution in [0.1, 0.15) is 66.2 Å². The minimum absolute atomic E-state index is 0.0166. The molecule has 1 aliphatic carbocycles. The van der Waals surface area contributed by atoms with Crippen LogP contribution in [0.2, 0.25) is 0 Å². The molecule has 0 aliphatic heterocycles. The van der Waals surface area contributed by atoms with Crippen LogP contribution in [0, 0.1) is 0 Å². The van der Waals surface area contributed by atoms with E-state index in [0.717, 1.165) is 19.4 Å². The molecule has 114 valence electrons. The Hall–Kier alpha value is -0.120. The van der Waals surface area contributed by atoms with E-state index < -0.39 is 0 Å². The van der Waals surface area contributed by atoms with Crippen LogP contribution < -0.4 is 5.32 Å². The molecule has 1 saturated carbocycles. The predicted molar refractivity (Wildman–Crippen MR) is 82.5 cm³/mol. The minimum Gasteiger partial charge on any atom is -0.394 e. The van der Waals surface area contributed by atoms with Crippen molar-refractivity contribution in [3.8, 4) is 0 Å². The molecule has 0 aromatic carbocycles. The largest absolute Gasteiger partial charge is 0.394 e. The van der Waals surface area contributed by atoms with Crippen molar-refractivity contribution in [3.05, 3.63) is 0 Å². The van der Waals surface area contributed by atoms with Crippen molar-refractivity contribution in [2.45, 2.75) is 83.8 Å². The monoisotopic (exact) mass is 270 g/mol. The third kappa shape index (κ3) is 4.73. The van der Waals surface area contributed by atoms with Gasteiger partial charge in [-0.2, -0.15) is 0 Å². The summed E-state index contributed by atoms with van der Waals surface area (Å²) < 4.78 is 0. The van der Waals surface area contributed by atoms with Gasteiger partial charge in [0.15, 0.2) is 0 Å². The highest BCUT2D eigenvalue weighted by molar-refractivity contribution is 4.99. The highest BCUT2D eigenvalue weighted by Crippen LogP contribution is 2.33. The molecule has 1 fully saturated rings. The van der Waals surface area contributed by atoms with Crippen molar-refractivity contribution in [2.24, 2.45) is 0 Å². The molecule has 0 spiro atoms. The molecule has 0 amide bonds. The summed E-state index contributed by atoms with van der Waals surface area (Å²) in [5.74, 6) is 0. The van der Waals surface area contributed by atoms with Crippen molar-refractivity contribution >= 4 is 0 Å². The molecule has 2 unspecified atom stereocenters. The fourth-order valence-electron chi connectivity index (χ4n) is 3.52. The normalized spacial score (nSPS) is 27.6. The molecule has 0 saturated heterocycles. The highest BCUT2D eigenvalue weighted by Gasteiger charge is 2.40. The highest BCUT2D eigenvalue weighted by atomic mass is 16.3. The van der Waals surface area contributed by atoms with Crippen molar-refractivity contribution in [2.75, 3.05) is 19.7 Å². The molecule has 3 nitrogen and oxygen atoms in total. The summed E-state index contributed by atoms with van der Waals surface area (Å²) >= 11 is 0. The van der Waals surface area contributed by atoms with E-state index in [1.165, 1.54) is 32.2 Å². The first-order chi connectivity index (χ1) is 9.08. The van der Waals surface area contributed by atoms with Crippen LogP contribution in [0.25, 0.3) is 0 Å². The molecule has 2 N–H and O–H groups in total. The summed E-state index contributed by atoms with van der Waals surface area (Å²) in [4.78, 5) is 2.66. The molecule has 19 heavy (non-hydrogen) atoms. The Morgan fingerprint density at radius 1 is 1.32 bits per heavy atom. The van der Waals surface area contributed by atoms with Crippen LogP contribution in [0.5, 0.6) is 0 Å². The lowest BCUT2D eigenvalue weighted by Crippen LogP contribution is -2.48. The van der Waals surface area contributed by atoms with Crippen molar-refractivity contribution in [1.29, 1.82) is 0 Å². The third-order valence-electron chi connectivity index (χ3n) is 4.59. The van der Waals surface area contributed by atoms with Gasteiger partial charge in [0.05, 0.1) is 6.61 Å². The molecule has 0 aromatic heterocycles. The first-order valence-corrected chi connectivity index (χ1v) is 8.20. The van der Waals surface area contributed by atoms with Gasteiger partial charge in [0.2, 0.25) is 0 Å². The van der Waals surface area contributed by atoms with Gasteiger partial charge in [0.1, 0.15) is 0 Å². The Balaban J connectivity index is 2.56. The van der Waals surface area contributed by atoms with E-state index in [0.29, 0.717) is 12.1 Å². The Morgan fingerprint density at radius 3 is 2.58 bits per heavy atom. The number of aliphatic hydroxyl groups is 1. The number of nitrogens with one attached hydrogen (secondary N) is 1. The van der Waals surface area contributed by atoms with Gasteiger partial charge >= 0.3 is 0 Å². The van der Waals surface area contributed by atoms with E-state index in [9.17, 15) is 5.11 Å². The van der Waals surface area contributed by atoms with Gasteiger partial charge < -0.3 is 10.4 Å². The van der Waals surface area contributed by atoms with Crippen LogP contribution in [0.15, 0.2) is 0 Å². The van der Waals surface area contributed by atoms with Crippen molar-refractivity contribution in [1.82, 2.24) is 10.2 Å². The topological polar surface area (TPSA) is 35.5 Å². The smallest absolute Gasteiger partial charge is 0.0613 e. The number of rotatable bonds is 9. The van der Waals surface area contributed by atoms with E-state index in [2.05, 4.69) is 37.9 Å². The standard InChI is InChI=1S/C16H34N2O/c1-5-7-8-11-18(14(3)4)15-9-10-16(12-15,13-19)17-6-2/h14-15,17,19H,5-13H2,1-4H3. The molecule has 0 radical (unpaired) electrons. The summed E-state index contributed by atoms with van der Waals surface area (Å²) in [5.41, 5.74) is -0.0166. The number of nitrogens with zero attached hydrogens (tertiary/aromatic N) is 1. The Labute approximate surface area is 119 Å². The Morgan fingerprint density at radius 2 is 2.05 bits per heavy atom. The number of aliphatic hydroxyl groups excluding tert-OH is 1. The second kappa shape index (κ2) is 8.23. The lowest BCUT2D eigenvalue weighted by Gasteiger charge is -2.35. The fourth-order valence-corrected chi connectivity index (χ4v) is 3.52. The van der Waals surface area contributed by atoms with Crippen LogP contribution >= 0.6 is 0 Å². The van der Waals surface area contributed by atoms with E-state index in [1.807, 2.05) is 0 Å². The number of hydrogen-bond acceptors (Lipinski definition) is 3. The van der Waals surface area contributed by atoms with Crippen molar-refractivity contribution < 1.29 is 5.11 Å².